The quantitative estimate of drug-likeness (QED) is 0.658. The highest BCUT2D eigenvalue weighted by Gasteiger charge is 2.68. The fourth-order valence-corrected chi connectivity index (χ4v) is 5.14. The first kappa shape index (κ1) is 23.0. The standard InChI is InChI=1S/C24H23F3N2O4/c1-13(2)12-23(22(32)33)18-17(20(30)29(21(18)31)16-9-4-3-5-10-16)19(28-23)14-7-6-8-15(11-14)24(25,26)27/h3-11,13,17-19,28H,12H2,1-2H3,(H,32,33). The molecule has 2 aliphatic rings. The van der Waals surface area contributed by atoms with Crippen LogP contribution in [0.1, 0.15) is 37.4 Å². The van der Waals surface area contributed by atoms with Crippen LogP contribution in [0.2, 0.25) is 0 Å². The number of carboxylic acids is 1. The monoisotopic (exact) mass is 460 g/mol. The van der Waals surface area contributed by atoms with E-state index in [1.165, 1.54) is 12.1 Å². The number of halogens is 3. The van der Waals surface area contributed by atoms with Crippen LogP contribution in [0.15, 0.2) is 54.6 Å². The number of imide groups is 1. The van der Waals surface area contributed by atoms with Gasteiger partial charge in [-0.05, 0) is 42.2 Å². The summed E-state index contributed by atoms with van der Waals surface area (Å²) in [5.41, 5.74) is -2.29. The Morgan fingerprint density at radius 2 is 1.76 bits per heavy atom. The number of rotatable bonds is 5. The van der Waals surface area contributed by atoms with Crippen LogP contribution in [0.4, 0.5) is 18.9 Å². The Bertz CT molecular complexity index is 1100. The van der Waals surface area contributed by atoms with Crippen molar-refractivity contribution in [3.8, 4) is 0 Å². The van der Waals surface area contributed by atoms with Gasteiger partial charge < -0.3 is 5.11 Å². The van der Waals surface area contributed by atoms with E-state index in [-0.39, 0.29) is 17.9 Å². The molecule has 2 saturated heterocycles. The molecule has 0 aliphatic carbocycles. The van der Waals surface area contributed by atoms with Crippen LogP contribution in [-0.2, 0) is 20.6 Å². The zero-order valence-corrected chi connectivity index (χ0v) is 18.0. The summed E-state index contributed by atoms with van der Waals surface area (Å²) in [6.45, 7) is 3.57. The molecule has 33 heavy (non-hydrogen) atoms. The SMILES string of the molecule is CC(C)CC1(C(=O)O)NC(c2cccc(C(F)(F)F)c2)C2C(=O)N(c3ccccc3)C(=O)C21. The smallest absolute Gasteiger partial charge is 0.416 e. The lowest BCUT2D eigenvalue weighted by molar-refractivity contribution is -0.149. The van der Waals surface area contributed by atoms with E-state index in [1.54, 1.807) is 44.2 Å². The number of carbonyl (C=O) groups excluding carboxylic acids is 2. The largest absolute Gasteiger partial charge is 0.480 e. The molecule has 0 bridgehead atoms. The highest BCUT2D eigenvalue weighted by atomic mass is 19.4. The van der Waals surface area contributed by atoms with Crippen molar-refractivity contribution in [1.29, 1.82) is 0 Å². The molecule has 174 valence electrons. The fourth-order valence-electron chi connectivity index (χ4n) is 5.14. The Morgan fingerprint density at radius 3 is 2.33 bits per heavy atom. The van der Waals surface area contributed by atoms with Gasteiger partial charge in [0.05, 0.1) is 23.1 Å². The second-order valence-electron chi connectivity index (χ2n) is 8.97. The lowest BCUT2D eigenvalue weighted by atomic mass is 9.75. The summed E-state index contributed by atoms with van der Waals surface area (Å²) in [5.74, 6) is -5.18. The summed E-state index contributed by atoms with van der Waals surface area (Å²) >= 11 is 0. The molecule has 0 radical (unpaired) electrons. The van der Waals surface area contributed by atoms with Gasteiger partial charge in [0, 0.05) is 6.04 Å². The van der Waals surface area contributed by atoms with Crippen molar-refractivity contribution in [2.24, 2.45) is 17.8 Å². The lowest BCUT2D eigenvalue weighted by Gasteiger charge is -2.32. The number of fused-ring (bicyclic) bond motifs is 1. The molecule has 9 heteroatoms. The van der Waals surface area contributed by atoms with E-state index in [2.05, 4.69) is 5.32 Å². The first-order valence-electron chi connectivity index (χ1n) is 10.6. The third-order valence-corrected chi connectivity index (χ3v) is 6.35. The van der Waals surface area contributed by atoms with Crippen molar-refractivity contribution in [2.45, 2.75) is 38.0 Å². The van der Waals surface area contributed by atoms with Crippen LogP contribution in [0.25, 0.3) is 0 Å². The molecule has 4 unspecified atom stereocenters. The highest BCUT2D eigenvalue weighted by molar-refractivity contribution is 6.24. The molecule has 2 fully saturated rings. The van der Waals surface area contributed by atoms with Crippen molar-refractivity contribution in [3.05, 3.63) is 65.7 Å². The van der Waals surface area contributed by atoms with E-state index in [9.17, 15) is 32.7 Å². The topological polar surface area (TPSA) is 86.7 Å². The van der Waals surface area contributed by atoms with Gasteiger partial charge >= 0.3 is 12.1 Å². The van der Waals surface area contributed by atoms with Gasteiger partial charge in [-0.1, -0.05) is 44.2 Å². The van der Waals surface area contributed by atoms with E-state index in [0.29, 0.717) is 5.69 Å². The minimum atomic E-state index is -4.61. The average Bonchev–Trinajstić information content (AvgIpc) is 3.22. The maximum atomic E-state index is 13.5. The average molecular weight is 460 g/mol. The lowest BCUT2D eigenvalue weighted by Crippen LogP contribution is -2.56. The van der Waals surface area contributed by atoms with E-state index in [0.717, 1.165) is 17.0 Å². The van der Waals surface area contributed by atoms with Gasteiger partial charge in [0.2, 0.25) is 11.8 Å². The maximum absolute atomic E-state index is 13.5. The first-order valence-corrected chi connectivity index (χ1v) is 10.6. The van der Waals surface area contributed by atoms with Crippen LogP contribution in [-0.4, -0.2) is 28.4 Å². The molecular weight excluding hydrogens is 437 g/mol. The summed E-state index contributed by atoms with van der Waals surface area (Å²) in [6, 6.07) is 11.5. The molecule has 2 N–H and O–H groups in total. The van der Waals surface area contributed by atoms with Gasteiger partial charge in [-0.2, -0.15) is 13.2 Å². The molecule has 2 aliphatic heterocycles. The molecule has 6 nitrogen and oxygen atoms in total. The number of para-hydroxylation sites is 1. The van der Waals surface area contributed by atoms with Gasteiger partial charge in [-0.15, -0.1) is 0 Å². The molecule has 2 aromatic carbocycles. The number of nitrogens with one attached hydrogen (secondary N) is 1. The number of carboxylic acid groups (broad SMARTS) is 1. The van der Waals surface area contributed by atoms with E-state index in [4.69, 9.17) is 0 Å². The first-order chi connectivity index (χ1) is 15.5. The molecule has 4 rings (SSSR count). The molecule has 0 saturated carbocycles. The van der Waals surface area contributed by atoms with Crippen LogP contribution in [0.5, 0.6) is 0 Å². The minimum Gasteiger partial charge on any atom is -0.480 e. The van der Waals surface area contributed by atoms with Gasteiger partial charge in [0.15, 0.2) is 0 Å². The second-order valence-corrected chi connectivity index (χ2v) is 8.97. The molecule has 4 atom stereocenters. The van der Waals surface area contributed by atoms with E-state index < -0.39 is 52.9 Å². The summed E-state index contributed by atoms with van der Waals surface area (Å²) in [6.07, 6.45) is -4.58. The summed E-state index contributed by atoms with van der Waals surface area (Å²) in [7, 11) is 0. The molecule has 0 spiro atoms. The molecule has 2 aromatic rings. The number of alkyl halides is 3. The molecule has 0 aromatic heterocycles. The number of aliphatic carboxylic acids is 1. The Balaban J connectivity index is 1.87. The van der Waals surface area contributed by atoms with Gasteiger partial charge in [0.1, 0.15) is 5.54 Å². The number of nitrogens with zero attached hydrogens (tertiary/aromatic N) is 1. The summed E-state index contributed by atoms with van der Waals surface area (Å²) < 4.78 is 40.1. The van der Waals surface area contributed by atoms with Crippen molar-refractivity contribution in [2.75, 3.05) is 4.90 Å². The molecule has 2 amide bonds. The van der Waals surface area contributed by atoms with E-state index in [1.807, 2.05) is 0 Å². The zero-order chi connectivity index (χ0) is 24.1. The Kier molecular flexibility index (Phi) is 5.56. The Morgan fingerprint density at radius 1 is 1.09 bits per heavy atom. The summed E-state index contributed by atoms with van der Waals surface area (Å²) in [4.78, 5) is 40.6. The number of hydrogen-bond donors (Lipinski definition) is 2. The predicted octanol–water partition coefficient (Wildman–Crippen LogP) is 4.03. The van der Waals surface area contributed by atoms with Crippen molar-refractivity contribution in [1.82, 2.24) is 5.32 Å². The van der Waals surface area contributed by atoms with Crippen molar-refractivity contribution >= 4 is 23.5 Å². The van der Waals surface area contributed by atoms with Gasteiger partial charge in [0.25, 0.3) is 0 Å². The number of carbonyl (C=O) groups is 3. The predicted molar refractivity (Wildman–Crippen MR) is 113 cm³/mol. The molecule has 2 heterocycles. The maximum Gasteiger partial charge on any atom is 0.416 e. The van der Waals surface area contributed by atoms with Gasteiger partial charge in [-0.25, -0.2) is 4.90 Å². The van der Waals surface area contributed by atoms with Crippen LogP contribution < -0.4 is 10.2 Å². The number of hydrogen-bond acceptors (Lipinski definition) is 4. The van der Waals surface area contributed by atoms with Crippen molar-refractivity contribution in [3.63, 3.8) is 0 Å². The third kappa shape index (κ3) is 3.70. The normalized spacial score (nSPS) is 27.3. The highest BCUT2D eigenvalue weighted by Crippen LogP contribution is 2.52. The summed E-state index contributed by atoms with van der Waals surface area (Å²) in [5, 5.41) is 13.2. The van der Waals surface area contributed by atoms with Crippen LogP contribution in [0.3, 0.4) is 0 Å². The number of benzene rings is 2. The van der Waals surface area contributed by atoms with Crippen LogP contribution >= 0.6 is 0 Å². The zero-order valence-electron chi connectivity index (χ0n) is 18.0. The van der Waals surface area contributed by atoms with E-state index >= 15 is 0 Å². The third-order valence-electron chi connectivity index (χ3n) is 6.35. The molecular formula is C24H23F3N2O4. The second kappa shape index (κ2) is 7.98. The fraction of sp³-hybridized carbons (Fsp3) is 0.375. The number of anilines is 1. The Hall–Kier alpha value is -3.20. The van der Waals surface area contributed by atoms with Crippen molar-refractivity contribution < 1.29 is 32.7 Å². The Labute approximate surface area is 188 Å². The minimum absolute atomic E-state index is 0.0284. The number of amides is 2. The van der Waals surface area contributed by atoms with Crippen LogP contribution in [0, 0.1) is 17.8 Å². The van der Waals surface area contributed by atoms with Gasteiger partial charge in [-0.3, -0.25) is 19.7 Å².